The first-order valence-corrected chi connectivity index (χ1v) is 6.12. The van der Waals surface area contributed by atoms with E-state index in [1.807, 2.05) is 12.1 Å². The lowest BCUT2D eigenvalue weighted by atomic mass is 10.2. The Bertz CT molecular complexity index is 410. The van der Waals surface area contributed by atoms with Gasteiger partial charge in [-0.1, -0.05) is 17.7 Å². The third-order valence-corrected chi connectivity index (χ3v) is 3.05. The van der Waals surface area contributed by atoms with Gasteiger partial charge in [0.15, 0.2) is 0 Å². The van der Waals surface area contributed by atoms with Crippen molar-refractivity contribution < 1.29 is 4.79 Å². The molecule has 1 aromatic rings. The summed E-state index contributed by atoms with van der Waals surface area (Å²) < 4.78 is 0. The van der Waals surface area contributed by atoms with Crippen LogP contribution in [-0.2, 0) is 11.3 Å². The van der Waals surface area contributed by atoms with Gasteiger partial charge in [0.05, 0.1) is 5.69 Å². The van der Waals surface area contributed by atoms with Gasteiger partial charge in [-0.2, -0.15) is 0 Å². The van der Waals surface area contributed by atoms with Crippen LogP contribution in [0, 0.1) is 0 Å². The number of rotatable bonds is 3. The second kappa shape index (κ2) is 5.47. The number of nitrogens with zero attached hydrogens (tertiary/aromatic N) is 2. The van der Waals surface area contributed by atoms with Gasteiger partial charge in [-0.25, -0.2) is 4.98 Å². The number of halogens is 1. The molecule has 1 fully saturated rings. The lowest BCUT2D eigenvalue weighted by Crippen LogP contribution is -2.35. The summed E-state index contributed by atoms with van der Waals surface area (Å²) in [7, 11) is 0. The predicted octanol–water partition coefficient (Wildman–Crippen LogP) is 1.45. The Hall–Kier alpha value is -1.13. The summed E-state index contributed by atoms with van der Waals surface area (Å²) in [6.07, 6.45) is 1.00. The first-order valence-electron chi connectivity index (χ1n) is 5.74. The molecule has 1 saturated heterocycles. The Labute approximate surface area is 106 Å². The molecule has 5 heteroatoms. The lowest BCUT2D eigenvalue weighted by molar-refractivity contribution is -0.119. The van der Waals surface area contributed by atoms with Crippen molar-refractivity contribution in [3.63, 3.8) is 0 Å². The number of carbonyl (C=O) groups is 1. The van der Waals surface area contributed by atoms with E-state index in [4.69, 9.17) is 11.6 Å². The van der Waals surface area contributed by atoms with E-state index >= 15 is 0 Å². The first-order chi connectivity index (χ1) is 8.13. The zero-order valence-corrected chi connectivity index (χ0v) is 10.6. The van der Waals surface area contributed by atoms with Crippen LogP contribution in [0.2, 0.25) is 5.15 Å². The maximum atomic E-state index is 10.9. The van der Waals surface area contributed by atoms with Crippen LogP contribution in [0.1, 0.15) is 19.0 Å². The summed E-state index contributed by atoms with van der Waals surface area (Å²) in [5.41, 5.74) is 0.973. The molecule has 1 unspecified atom stereocenters. The van der Waals surface area contributed by atoms with Crippen LogP contribution in [0.3, 0.4) is 0 Å². The molecule has 0 aromatic carbocycles. The van der Waals surface area contributed by atoms with Gasteiger partial charge in [0.1, 0.15) is 5.15 Å². The van der Waals surface area contributed by atoms with Crippen LogP contribution in [-0.4, -0.2) is 34.9 Å². The Morgan fingerprint density at radius 3 is 3.18 bits per heavy atom. The molecular formula is C12H16ClN3O. The normalized spacial score (nSPS) is 20.5. The van der Waals surface area contributed by atoms with E-state index in [1.54, 1.807) is 13.0 Å². The highest BCUT2D eigenvalue weighted by Crippen LogP contribution is 2.13. The molecule has 1 atom stereocenters. The van der Waals surface area contributed by atoms with Gasteiger partial charge in [-0.05, 0) is 18.6 Å². The van der Waals surface area contributed by atoms with Gasteiger partial charge in [0.25, 0.3) is 0 Å². The predicted molar refractivity (Wildman–Crippen MR) is 66.7 cm³/mol. The molecular weight excluding hydrogens is 238 g/mol. The quantitative estimate of drug-likeness (QED) is 0.830. The van der Waals surface area contributed by atoms with Crippen LogP contribution in [0.25, 0.3) is 0 Å². The maximum Gasteiger partial charge on any atom is 0.217 e. The number of nitrogens with one attached hydrogen (secondary N) is 1. The van der Waals surface area contributed by atoms with Gasteiger partial charge in [-0.3, -0.25) is 9.69 Å². The van der Waals surface area contributed by atoms with Crippen molar-refractivity contribution in [2.45, 2.75) is 25.9 Å². The van der Waals surface area contributed by atoms with Gasteiger partial charge in [0, 0.05) is 32.6 Å². The molecule has 4 nitrogen and oxygen atoms in total. The van der Waals surface area contributed by atoms with Crippen molar-refractivity contribution in [3.05, 3.63) is 29.0 Å². The summed E-state index contributed by atoms with van der Waals surface area (Å²) >= 11 is 5.84. The molecule has 0 bridgehead atoms. The topological polar surface area (TPSA) is 45.2 Å². The molecule has 1 aromatic heterocycles. The molecule has 0 spiro atoms. The highest BCUT2D eigenvalue weighted by atomic mass is 35.5. The van der Waals surface area contributed by atoms with Crippen molar-refractivity contribution >= 4 is 17.5 Å². The van der Waals surface area contributed by atoms with Crippen molar-refractivity contribution in [1.29, 1.82) is 0 Å². The molecule has 2 heterocycles. The van der Waals surface area contributed by atoms with Gasteiger partial charge >= 0.3 is 0 Å². The fourth-order valence-electron chi connectivity index (χ4n) is 2.15. The molecule has 92 valence electrons. The van der Waals surface area contributed by atoms with E-state index in [0.717, 1.165) is 31.7 Å². The van der Waals surface area contributed by atoms with Crippen LogP contribution < -0.4 is 5.32 Å². The molecule has 0 aliphatic carbocycles. The van der Waals surface area contributed by atoms with Crippen molar-refractivity contribution in [3.8, 4) is 0 Å². The summed E-state index contributed by atoms with van der Waals surface area (Å²) in [6, 6.07) is 5.92. The fourth-order valence-corrected chi connectivity index (χ4v) is 2.33. The van der Waals surface area contributed by atoms with Crippen molar-refractivity contribution in [2.75, 3.05) is 13.1 Å². The third kappa shape index (κ3) is 3.68. The van der Waals surface area contributed by atoms with E-state index in [9.17, 15) is 4.79 Å². The maximum absolute atomic E-state index is 10.9. The van der Waals surface area contributed by atoms with Crippen molar-refractivity contribution in [1.82, 2.24) is 15.2 Å². The number of aromatic nitrogens is 1. The smallest absolute Gasteiger partial charge is 0.217 e. The van der Waals surface area contributed by atoms with E-state index in [-0.39, 0.29) is 11.9 Å². The lowest BCUT2D eigenvalue weighted by Gasteiger charge is -2.15. The Morgan fingerprint density at radius 2 is 2.47 bits per heavy atom. The van der Waals surface area contributed by atoms with E-state index in [2.05, 4.69) is 15.2 Å². The number of hydrogen-bond donors (Lipinski definition) is 1. The zero-order chi connectivity index (χ0) is 12.3. The first kappa shape index (κ1) is 12.3. The standard InChI is InChI=1S/C12H16ClN3O/c1-9(17)14-11-5-6-16(8-11)7-10-3-2-4-12(13)15-10/h2-4,11H,5-8H2,1H3,(H,14,17). The monoisotopic (exact) mass is 253 g/mol. The molecule has 1 amide bonds. The van der Waals surface area contributed by atoms with Gasteiger partial charge in [-0.15, -0.1) is 0 Å². The molecule has 17 heavy (non-hydrogen) atoms. The van der Waals surface area contributed by atoms with Crippen LogP contribution in [0.15, 0.2) is 18.2 Å². The minimum Gasteiger partial charge on any atom is -0.352 e. The number of hydrogen-bond acceptors (Lipinski definition) is 3. The Balaban J connectivity index is 1.87. The highest BCUT2D eigenvalue weighted by molar-refractivity contribution is 6.29. The summed E-state index contributed by atoms with van der Waals surface area (Å²) in [5, 5.41) is 3.47. The fraction of sp³-hybridized carbons (Fsp3) is 0.500. The zero-order valence-electron chi connectivity index (χ0n) is 9.82. The van der Waals surface area contributed by atoms with E-state index in [0.29, 0.717) is 5.15 Å². The Morgan fingerprint density at radius 1 is 1.65 bits per heavy atom. The van der Waals surface area contributed by atoms with Crippen LogP contribution in [0.5, 0.6) is 0 Å². The van der Waals surface area contributed by atoms with Crippen LogP contribution >= 0.6 is 11.6 Å². The van der Waals surface area contributed by atoms with Gasteiger partial charge in [0.2, 0.25) is 5.91 Å². The highest BCUT2D eigenvalue weighted by Gasteiger charge is 2.23. The molecule has 2 rings (SSSR count). The van der Waals surface area contributed by atoms with Gasteiger partial charge < -0.3 is 5.32 Å². The molecule has 0 radical (unpaired) electrons. The largest absolute Gasteiger partial charge is 0.352 e. The van der Waals surface area contributed by atoms with Crippen LogP contribution in [0.4, 0.5) is 0 Å². The minimum atomic E-state index is 0.0396. The second-order valence-corrected chi connectivity index (χ2v) is 4.76. The second-order valence-electron chi connectivity index (χ2n) is 4.37. The Kier molecular flexibility index (Phi) is 3.97. The SMILES string of the molecule is CC(=O)NC1CCN(Cc2cccc(Cl)n2)C1. The average Bonchev–Trinajstić information content (AvgIpc) is 2.64. The summed E-state index contributed by atoms with van der Waals surface area (Å²) in [4.78, 5) is 17.5. The third-order valence-electron chi connectivity index (χ3n) is 2.84. The molecule has 1 aliphatic rings. The molecule has 0 saturated carbocycles. The summed E-state index contributed by atoms with van der Waals surface area (Å²) in [5.74, 6) is 0.0396. The number of amides is 1. The number of likely N-dealkylation sites (tertiary alicyclic amines) is 1. The van der Waals surface area contributed by atoms with E-state index in [1.165, 1.54) is 0 Å². The molecule has 1 aliphatic heterocycles. The number of carbonyl (C=O) groups excluding carboxylic acids is 1. The summed E-state index contributed by atoms with van der Waals surface area (Å²) in [6.45, 7) is 4.21. The number of pyridine rings is 1. The van der Waals surface area contributed by atoms with Crippen molar-refractivity contribution in [2.24, 2.45) is 0 Å². The average molecular weight is 254 g/mol. The molecule has 1 N–H and O–H groups in total. The van der Waals surface area contributed by atoms with E-state index < -0.39 is 0 Å². The minimum absolute atomic E-state index is 0.0396.